The molecule has 1 heterocycles. The first-order valence-corrected chi connectivity index (χ1v) is 7.25. The molecule has 2 rings (SSSR count). The lowest BCUT2D eigenvalue weighted by molar-refractivity contribution is 1.05. The van der Waals surface area contributed by atoms with Gasteiger partial charge in [0.2, 0.25) is 0 Å². The van der Waals surface area contributed by atoms with Crippen molar-refractivity contribution in [2.24, 2.45) is 0 Å². The van der Waals surface area contributed by atoms with Crippen LogP contribution in [0.3, 0.4) is 0 Å². The number of thioether (sulfide) groups is 1. The van der Waals surface area contributed by atoms with Crippen molar-refractivity contribution in [1.82, 2.24) is 9.97 Å². The zero-order valence-corrected chi connectivity index (χ0v) is 11.8. The van der Waals surface area contributed by atoms with E-state index >= 15 is 0 Å². The van der Waals surface area contributed by atoms with E-state index in [1.807, 2.05) is 19.1 Å². The lowest BCUT2D eigenvalue weighted by Gasteiger charge is -2.11. The lowest BCUT2D eigenvalue weighted by atomic mass is 10.2. The molecule has 0 saturated heterocycles. The molecule has 0 aliphatic rings. The molecule has 1 aromatic heterocycles. The van der Waals surface area contributed by atoms with Gasteiger partial charge in [-0.2, -0.15) is 0 Å². The molecule has 5 heteroatoms. The van der Waals surface area contributed by atoms with Crippen LogP contribution in [0.15, 0.2) is 35.5 Å². The van der Waals surface area contributed by atoms with Crippen LogP contribution in [0.5, 0.6) is 0 Å². The van der Waals surface area contributed by atoms with Gasteiger partial charge in [0.15, 0.2) is 0 Å². The predicted molar refractivity (Wildman–Crippen MR) is 77.9 cm³/mol. The summed E-state index contributed by atoms with van der Waals surface area (Å²) in [7, 11) is 0. The van der Waals surface area contributed by atoms with Crippen molar-refractivity contribution in [3.8, 4) is 0 Å². The van der Waals surface area contributed by atoms with E-state index in [9.17, 15) is 0 Å². The second kappa shape index (κ2) is 6.07. The van der Waals surface area contributed by atoms with Crippen molar-refractivity contribution < 1.29 is 0 Å². The summed E-state index contributed by atoms with van der Waals surface area (Å²) >= 11 is 7.77. The molecule has 0 atom stereocenters. The third-order valence-corrected chi connectivity index (χ3v) is 3.63. The summed E-state index contributed by atoms with van der Waals surface area (Å²) in [4.78, 5) is 9.45. The maximum absolute atomic E-state index is 6.06. The van der Waals surface area contributed by atoms with Gasteiger partial charge in [-0.1, -0.05) is 24.6 Å². The van der Waals surface area contributed by atoms with Gasteiger partial charge >= 0.3 is 0 Å². The second-order valence-corrected chi connectivity index (χ2v) is 4.94. The van der Waals surface area contributed by atoms with Crippen LogP contribution in [0.25, 0.3) is 0 Å². The molecule has 0 spiro atoms. The number of aromatic nitrogens is 2. The molecule has 0 aliphatic carbocycles. The van der Waals surface area contributed by atoms with E-state index in [1.54, 1.807) is 11.8 Å². The van der Waals surface area contributed by atoms with Crippen molar-refractivity contribution in [1.29, 1.82) is 0 Å². The maximum atomic E-state index is 6.06. The van der Waals surface area contributed by atoms with Crippen LogP contribution in [0.2, 0.25) is 5.15 Å². The molecule has 1 N–H and O–H groups in total. The number of nitrogens with zero attached hydrogens (tertiary/aromatic N) is 2. The molecule has 0 saturated carbocycles. The standard InChI is InChI=1S/C13H14ClN3S/c1-3-11-12(14)15-8-16-13(11)17-9-5-4-6-10(7-9)18-2/h4-8H,3H2,1-2H3,(H,15,16,17). The topological polar surface area (TPSA) is 37.8 Å². The normalized spacial score (nSPS) is 10.4. The van der Waals surface area contributed by atoms with E-state index in [1.165, 1.54) is 11.2 Å². The molecule has 3 nitrogen and oxygen atoms in total. The molecule has 18 heavy (non-hydrogen) atoms. The first kappa shape index (κ1) is 13.2. The molecule has 0 aliphatic heterocycles. The number of halogens is 1. The third kappa shape index (κ3) is 2.94. The Morgan fingerprint density at radius 1 is 1.33 bits per heavy atom. The van der Waals surface area contributed by atoms with Crippen molar-refractivity contribution in [2.75, 3.05) is 11.6 Å². The Morgan fingerprint density at radius 3 is 2.89 bits per heavy atom. The van der Waals surface area contributed by atoms with Crippen molar-refractivity contribution in [3.63, 3.8) is 0 Å². The fourth-order valence-electron chi connectivity index (χ4n) is 1.65. The number of rotatable bonds is 4. The summed E-state index contributed by atoms with van der Waals surface area (Å²) in [5, 5.41) is 3.80. The van der Waals surface area contributed by atoms with Gasteiger partial charge in [-0.25, -0.2) is 9.97 Å². The van der Waals surface area contributed by atoms with Crippen LogP contribution >= 0.6 is 23.4 Å². The van der Waals surface area contributed by atoms with Crippen LogP contribution in [0, 0.1) is 0 Å². The highest BCUT2D eigenvalue weighted by molar-refractivity contribution is 7.98. The minimum atomic E-state index is 0.510. The average molecular weight is 280 g/mol. The zero-order chi connectivity index (χ0) is 13.0. The van der Waals surface area contributed by atoms with Gasteiger partial charge < -0.3 is 5.32 Å². The Morgan fingerprint density at radius 2 is 2.17 bits per heavy atom. The molecule has 1 aromatic carbocycles. The summed E-state index contributed by atoms with van der Waals surface area (Å²) in [6.45, 7) is 2.04. The van der Waals surface area contributed by atoms with Crippen LogP contribution in [-0.2, 0) is 6.42 Å². The summed E-state index contributed by atoms with van der Waals surface area (Å²) in [5.74, 6) is 0.774. The SMILES string of the molecule is CCc1c(Cl)ncnc1Nc1cccc(SC)c1. The van der Waals surface area contributed by atoms with Crippen LogP contribution in [-0.4, -0.2) is 16.2 Å². The van der Waals surface area contributed by atoms with E-state index in [2.05, 4.69) is 33.7 Å². The molecule has 0 radical (unpaired) electrons. The highest BCUT2D eigenvalue weighted by atomic mass is 35.5. The summed E-state index contributed by atoms with van der Waals surface area (Å²) < 4.78 is 0. The molecular formula is C13H14ClN3S. The molecular weight excluding hydrogens is 266 g/mol. The number of anilines is 2. The van der Waals surface area contributed by atoms with Crippen LogP contribution in [0.4, 0.5) is 11.5 Å². The minimum absolute atomic E-state index is 0.510. The van der Waals surface area contributed by atoms with Gasteiger partial charge in [-0.3, -0.25) is 0 Å². The largest absolute Gasteiger partial charge is 0.340 e. The predicted octanol–water partition coefficient (Wildman–Crippen LogP) is 4.16. The molecule has 0 bridgehead atoms. The van der Waals surface area contributed by atoms with Crippen molar-refractivity contribution in [3.05, 3.63) is 41.3 Å². The second-order valence-electron chi connectivity index (χ2n) is 3.70. The summed E-state index contributed by atoms with van der Waals surface area (Å²) in [6.07, 6.45) is 4.32. The first-order valence-electron chi connectivity index (χ1n) is 5.65. The van der Waals surface area contributed by atoms with Crippen LogP contribution in [0.1, 0.15) is 12.5 Å². The fourth-order valence-corrected chi connectivity index (χ4v) is 2.38. The Bertz CT molecular complexity index is 546. The van der Waals surface area contributed by atoms with E-state index in [0.717, 1.165) is 23.5 Å². The molecule has 0 fully saturated rings. The van der Waals surface area contributed by atoms with Gasteiger partial charge in [0.05, 0.1) is 0 Å². The maximum Gasteiger partial charge on any atom is 0.138 e. The van der Waals surface area contributed by atoms with Gasteiger partial charge in [0.1, 0.15) is 17.3 Å². The fraction of sp³-hybridized carbons (Fsp3) is 0.231. The third-order valence-electron chi connectivity index (χ3n) is 2.58. The summed E-state index contributed by atoms with van der Waals surface area (Å²) in [6, 6.07) is 8.18. The first-order chi connectivity index (χ1) is 8.74. The lowest BCUT2D eigenvalue weighted by Crippen LogP contribution is -2.00. The average Bonchev–Trinajstić information content (AvgIpc) is 2.39. The Hall–Kier alpha value is -1.26. The number of benzene rings is 1. The Kier molecular flexibility index (Phi) is 4.44. The van der Waals surface area contributed by atoms with Gasteiger partial charge in [0.25, 0.3) is 0 Å². The van der Waals surface area contributed by atoms with Crippen LogP contribution < -0.4 is 5.32 Å². The van der Waals surface area contributed by atoms with E-state index in [0.29, 0.717) is 5.15 Å². The smallest absolute Gasteiger partial charge is 0.138 e. The van der Waals surface area contributed by atoms with Crippen molar-refractivity contribution >= 4 is 34.9 Å². The monoisotopic (exact) mass is 279 g/mol. The Labute approximate surface area is 116 Å². The van der Waals surface area contributed by atoms with E-state index in [-0.39, 0.29) is 0 Å². The number of nitrogens with one attached hydrogen (secondary N) is 1. The molecule has 0 unspecified atom stereocenters. The van der Waals surface area contributed by atoms with E-state index in [4.69, 9.17) is 11.6 Å². The minimum Gasteiger partial charge on any atom is -0.340 e. The molecule has 0 amide bonds. The zero-order valence-electron chi connectivity index (χ0n) is 10.3. The van der Waals surface area contributed by atoms with E-state index < -0.39 is 0 Å². The number of hydrogen-bond donors (Lipinski definition) is 1. The van der Waals surface area contributed by atoms with Crippen molar-refractivity contribution in [2.45, 2.75) is 18.2 Å². The number of hydrogen-bond acceptors (Lipinski definition) is 4. The molecule has 2 aromatic rings. The summed E-state index contributed by atoms with van der Waals surface area (Å²) in [5.41, 5.74) is 1.94. The van der Waals surface area contributed by atoms with Gasteiger partial charge in [-0.05, 0) is 30.9 Å². The quantitative estimate of drug-likeness (QED) is 0.674. The molecule has 94 valence electrons. The van der Waals surface area contributed by atoms with Gasteiger partial charge in [0, 0.05) is 16.1 Å². The highest BCUT2D eigenvalue weighted by Crippen LogP contribution is 2.25. The van der Waals surface area contributed by atoms with Gasteiger partial charge in [-0.15, -0.1) is 11.8 Å². The highest BCUT2D eigenvalue weighted by Gasteiger charge is 2.08. The Balaban J connectivity index is 2.30.